The van der Waals surface area contributed by atoms with Crippen molar-refractivity contribution in [1.29, 1.82) is 0 Å². The Morgan fingerprint density at radius 2 is 2.06 bits per heavy atom. The number of benzene rings is 1. The summed E-state index contributed by atoms with van der Waals surface area (Å²) in [6.45, 7) is 8.54. The summed E-state index contributed by atoms with van der Waals surface area (Å²) >= 11 is 6.16. The molecule has 0 atom stereocenters. The van der Waals surface area contributed by atoms with Crippen molar-refractivity contribution in [1.82, 2.24) is 24.8 Å². The average Bonchev–Trinajstić information content (AvgIpc) is 3.49. The van der Waals surface area contributed by atoms with Crippen molar-refractivity contribution in [3.63, 3.8) is 0 Å². The fraction of sp³-hybridized carbons (Fsp3) is 0.400. The number of nitrogens with zero attached hydrogens (tertiary/aromatic N) is 4. The monoisotopic (exact) mass is 480 g/mol. The molecule has 178 valence electrons. The van der Waals surface area contributed by atoms with Crippen LogP contribution in [0.1, 0.15) is 43.0 Å². The van der Waals surface area contributed by atoms with Gasteiger partial charge in [-0.25, -0.2) is 4.98 Å². The van der Waals surface area contributed by atoms with Crippen LogP contribution in [0.15, 0.2) is 28.7 Å². The number of fused-ring (bicyclic) bond motifs is 2. The van der Waals surface area contributed by atoms with Crippen LogP contribution in [0.4, 0.5) is 5.82 Å². The standard InChI is InChI=1S/C25H29ClN6O2/c1-14(2)28-8-4-9-32-21(29-22-23(27)30-25(26)31-24(22)32)13-17-12-20-16(7-10-33-20)11-18(17)19-6-5-15(3)34-19/h5-6,11-12,14,28H,4,7-10,13H2,1-3H3,(H2,27,30,31). The van der Waals surface area contributed by atoms with Crippen LogP contribution in [-0.4, -0.2) is 38.7 Å². The molecule has 3 N–H and O–H groups in total. The lowest BCUT2D eigenvalue weighted by Crippen LogP contribution is -2.24. The highest BCUT2D eigenvalue weighted by Crippen LogP contribution is 2.36. The van der Waals surface area contributed by atoms with Gasteiger partial charge in [-0.3, -0.25) is 0 Å². The van der Waals surface area contributed by atoms with Crippen molar-refractivity contribution in [2.45, 2.75) is 52.6 Å². The number of aryl methyl sites for hydroxylation is 2. The highest BCUT2D eigenvalue weighted by atomic mass is 35.5. The molecule has 8 nitrogen and oxygen atoms in total. The number of ether oxygens (including phenoxy) is 1. The molecule has 0 unspecified atom stereocenters. The summed E-state index contributed by atoms with van der Waals surface area (Å²) in [7, 11) is 0. The summed E-state index contributed by atoms with van der Waals surface area (Å²) in [5.74, 6) is 3.78. The average molecular weight is 481 g/mol. The molecule has 5 rings (SSSR count). The number of imidazole rings is 1. The molecule has 0 amide bonds. The van der Waals surface area contributed by atoms with Crippen LogP contribution in [-0.2, 0) is 19.4 Å². The number of aromatic nitrogens is 4. The third-order valence-electron chi connectivity index (χ3n) is 6.05. The van der Waals surface area contributed by atoms with E-state index in [2.05, 4.69) is 45.8 Å². The molecule has 0 fully saturated rings. The maximum atomic E-state index is 6.17. The van der Waals surface area contributed by atoms with E-state index in [9.17, 15) is 0 Å². The van der Waals surface area contributed by atoms with Gasteiger partial charge in [-0.15, -0.1) is 0 Å². The van der Waals surface area contributed by atoms with Crippen LogP contribution in [0.25, 0.3) is 22.5 Å². The Morgan fingerprint density at radius 3 is 2.82 bits per heavy atom. The van der Waals surface area contributed by atoms with E-state index in [-0.39, 0.29) is 11.1 Å². The number of hydrogen-bond donors (Lipinski definition) is 2. The van der Waals surface area contributed by atoms with Gasteiger partial charge in [0, 0.05) is 31.0 Å². The molecular formula is C25H29ClN6O2. The first-order valence-electron chi connectivity index (χ1n) is 11.7. The molecule has 0 aliphatic carbocycles. The predicted octanol–water partition coefficient (Wildman–Crippen LogP) is 4.54. The van der Waals surface area contributed by atoms with Crippen molar-refractivity contribution >= 4 is 28.6 Å². The lowest BCUT2D eigenvalue weighted by molar-refractivity contribution is 0.356. The largest absolute Gasteiger partial charge is 0.493 e. The minimum absolute atomic E-state index is 0.121. The zero-order valence-corrected chi connectivity index (χ0v) is 20.4. The topological polar surface area (TPSA) is 104 Å². The smallest absolute Gasteiger partial charge is 0.226 e. The molecule has 1 aliphatic heterocycles. The number of nitrogen functional groups attached to an aromatic ring is 1. The first-order valence-corrected chi connectivity index (χ1v) is 12.0. The molecule has 9 heteroatoms. The molecule has 1 aromatic carbocycles. The van der Waals surface area contributed by atoms with Crippen LogP contribution in [0.2, 0.25) is 5.28 Å². The molecule has 0 saturated heterocycles. The second-order valence-corrected chi connectivity index (χ2v) is 9.33. The maximum Gasteiger partial charge on any atom is 0.226 e. The number of halogens is 1. The van der Waals surface area contributed by atoms with Gasteiger partial charge < -0.3 is 24.8 Å². The van der Waals surface area contributed by atoms with E-state index in [1.807, 2.05) is 19.1 Å². The highest BCUT2D eigenvalue weighted by molar-refractivity contribution is 6.28. The first-order chi connectivity index (χ1) is 16.4. The summed E-state index contributed by atoms with van der Waals surface area (Å²) in [6, 6.07) is 8.72. The number of rotatable bonds is 8. The number of hydrogen-bond acceptors (Lipinski definition) is 7. The normalized spacial score (nSPS) is 13.1. The van der Waals surface area contributed by atoms with Gasteiger partial charge in [0.15, 0.2) is 17.0 Å². The van der Waals surface area contributed by atoms with Gasteiger partial charge >= 0.3 is 0 Å². The van der Waals surface area contributed by atoms with Crippen LogP contribution >= 0.6 is 11.6 Å². The lowest BCUT2D eigenvalue weighted by atomic mass is 9.98. The molecule has 0 radical (unpaired) electrons. The van der Waals surface area contributed by atoms with Gasteiger partial charge in [-0.05, 0) is 66.9 Å². The Kier molecular flexibility index (Phi) is 6.18. The van der Waals surface area contributed by atoms with E-state index < -0.39 is 0 Å². The van der Waals surface area contributed by atoms with E-state index in [0.29, 0.717) is 30.2 Å². The molecular weight excluding hydrogens is 452 g/mol. The van der Waals surface area contributed by atoms with Crippen molar-refractivity contribution in [3.8, 4) is 17.1 Å². The summed E-state index contributed by atoms with van der Waals surface area (Å²) in [5, 5.41) is 3.58. The Morgan fingerprint density at radius 1 is 1.21 bits per heavy atom. The second kappa shape index (κ2) is 9.27. The fourth-order valence-electron chi connectivity index (χ4n) is 4.43. The first kappa shape index (κ1) is 22.7. The molecule has 4 heterocycles. The van der Waals surface area contributed by atoms with Gasteiger partial charge in [-0.1, -0.05) is 13.8 Å². The van der Waals surface area contributed by atoms with Crippen molar-refractivity contribution in [2.24, 2.45) is 0 Å². The zero-order chi connectivity index (χ0) is 23.8. The number of nitrogens with two attached hydrogens (primary N) is 1. The third-order valence-corrected chi connectivity index (χ3v) is 6.22. The molecule has 34 heavy (non-hydrogen) atoms. The third kappa shape index (κ3) is 4.48. The second-order valence-electron chi connectivity index (χ2n) is 8.99. The summed E-state index contributed by atoms with van der Waals surface area (Å²) < 4.78 is 14.0. The fourth-order valence-corrected chi connectivity index (χ4v) is 4.60. The van der Waals surface area contributed by atoms with Crippen molar-refractivity contribution < 1.29 is 9.15 Å². The Labute approximate surface area is 203 Å². The van der Waals surface area contributed by atoms with E-state index >= 15 is 0 Å². The molecule has 4 aromatic rings. The van der Waals surface area contributed by atoms with E-state index in [1.165, 1.54) is 5.56 Å². The Bertz CT molecular complexity index is 1340. The minimum Gasteiger partial charge on any atom is -0.493 e. The predicted molar refractivity (Wildman–Crippen MR) is 133 cm³/mol. The highest BCUT2D eigenvalue weighted by Gasteiger charge is 2.22. The van der Waals surface area contributed by atoms with Gasteiger partial charge in [-0.2, -0.15) is 9.97 Å². The molecule has 0 bridgehead atoms. The van der Waals surface area contributed by atoms with Crippen LogP contribution in [0.5, 0.6) is 5.75 Å². The van der Waals surface area contributed by atoms with Crippen LogP contribution < -0.4 is 15.8 Å². The van der Waals surface area contributed by atoms with Crippen molar-refractivity contribution in [2.75, 3.05) is 18.9 Å². The molecule has 1 aliphatic rings. The van der Waals surface area contributed by atoms with Gasteiger partial charge in [0.25, 0.3) is 0 Å². The van der Waals surface area contributed by atoms with Gasteiger partial charge in [0.1, 0.15) is 23.1 Å². The van der Waals surface area contributed by atoms with E-state index in [0.717, 1.165) is 60.2 Å². The maximum absolute atomic E-state index is 6.17. The molecule has 0 saturated carbocycles. The van der Waals surface area contributed by atoms with Gasteiger partial charge in [0.2, 0.25) is 5.28 Å². The Hall–Kier alpha value is -3.10. The SMILES string of the molecule is Cc1ccc(-c2cc3c(cc2Cc2nc4c(N)nc(Cl)nc4n2CCCNC(C)C)OCC3)o1. The molecule has 3 aromatic heterocycles. The zero-order valence-electron chi connectivity index (χ0n) is 19.7. The lowest BCUT2D eigenvalue weighted by Gasteiger charge is -2.13. The molecule has 0 spiro atoms. The number of anilines is 1. The summed E-state index contributed by atoms with van der Waals surface area (Å²) in [6.07, 6.45) is 2.38. The quantitative estimate of drug-likeness (QED) is 0.281. The van der Waals surface area contributed by atoms with E-state index in [1.54, 1.807) is 0 Å². The Balaban J connectivity index is 1.57. The summed E-state index contributed by atoms with van der Waals surface area (Å²) in [5.41, 5.74) is 10.7. The number of nitrogens with one attached hydrogen (secondary N) is 1. The number of furan rings is 1. The minimum atomic E-state index is 0.121. The van der Waals surface area contributed by atoms with Gasteiger partial charge in [0.05, 0.1) is 6.61 Å². The van der Waals surface area contributed by atoms with Crippen LogP contribution in [0.3, 0.4) is 0 Å². The summed E-state index contributed by atoms with van der Waals surface area (Å²) in [4.78, 5) is 13.4. The van der Waals surface area contributed by atoms with Crippen LogP contribution in [0, 0.1) is 6.92 Å². The van der Waals surface area contributed by atoms with E-state index in [4.69, 9.17) is 31.5 Å². The van der Waals surface area contributed by atoms with Crippen molar-refractivity contribution in [3.05, 3.63) is 52.3 Å².